The van der Waals surface area contributed by atoms with E-state index in [2.05, 4.69) is 18.7 Å². The fourth-order valence-corrected chi connectivity index (χ4v) is 4.23. The van der Waals surface area contributed by atoms with Crippen molar-refractivity contribution >= 4 is 23.3 Å². The molecule has 1 amide bonds. The summed E-state index contributed by atoms with van der Waals surface area (Å²) >= 11 is 0. The third-order valence-electron chi connectivity index (χ3n) is 5.90. The molecule has 1 aromatic rings. The minimum atomic E-state index is -0.933. The smallest absolute Gasteiger partial charge is 0.303 e. The molecule has 1 atom stereocenters. The van der Waals surface area contributed by atoms with Crippen LogP contribution in [0.25, 0.3) is 0 Å². The van der Waals surface area contributed by atoms with Crippen LogP contribution in [0.15, 0.2) is 18.2 Å². The van der Waals surface area contributed by atoms with E-state index in [9.17, 15) is 19.7 Å². The molecule has 1 aliphatic heterocycles. The van der Waals surface area contributed by atoms with Crippen LogP contribution < -0.4 is 4.90 Å². The lowest BCUT2D eigenvalue weighted by atomic mass is 9.95. The molecule has 2 rings (SSSR count). The molecule has 1 saturated heterocycles. The van der Waals surface area contributed by atoms with Crippen LogP contribution in [0, 0.1) is 16.0 Å². The van der Waals surface area contributed by atoms with Gasteiger partial charge < -0.3 is 19.6 Å². The Morgan fingerprint density at radius 1 is 1.28 bits per heavy atom. The average molecular weight is 450 g/mol. The zero-order valence-corrected chi connectivity index (χ0v) is 19.5. The molecule has 32 heavy (non-hydrogen) atoms. The molecular formula is C23H35N3O6. The summed E-state index contributed by atoms with van der Waals surface area (Å²) in [6.07, 6.45) is 1.75. The van der Waals surface area contributed by atoms with E-state index < -0.39 is 5.97 Å². The Balaban J connectivity index is 2.26. The van der Waals surface area contributed by atoms with Crippen molar-refractivity contribution < 1.29 is 24.4 Å². The summed E-state index contributed by atoms with van der Waals surface area (Å²) in [6, 6.07) is 5.15. The number of carboxylic acid groups (broad SMARTS) is 1. The van der Waals surface area contributed by atoms with E-state index in [-0.39, 0.29) is 34.9 Å². The second kappa shape index (κ2) is 11.8. The summed E-state index contributed by atoms with van der Waals surface area (Å²) < 4.78 is 5.00. The second-order valence-electron chi connectivity index (χ2n) is 8.91. The van der Waals surface area contributed by atoms with Crippen LogP contribution in [0.4, 0.5) is 11.4 Å². The zero-order chi connectivity index (χ0) is 23.8. The summed E-state index contributed by atoms with van der Waals surface area (Å²) in [6.45, 7) is 8.20. The number of carboxylic acids is 1. The van der Waals surface area contributed by atoms with E-state index in [1.165, 1.54) is 6.07 Å². The lowest BCUT2D eigenvalue weighted by Gasteiger charge is -2.40. The maximum absolute atomic E-state index is 12.3. The molecule has 1 fully saturated rings. The molecule has 9 heteroatoms. The Bertz CT molecular complexity index is 805. The normalized spacial score (nSPS) is 15.6. The molecule has 1 aromatic carbocycles. The van der Waals surface area contributed by atoms with Crippen LogP contribution in [0.5, 0.6) is 0 Å². The minimum absolute atomic E-state index is 0.000936. The molecule has 9 nitrogen and oxygen atoms in total. The van der Waals surface area contributed by atoms with Gasteiger partial charge in [0.2, 0.25) is 5.91 Å². The second-order valence-corrected chi connectivity index (χ2v) is 8.91. The molecule has 1 unspecified atom stereocenters. The number of carbonyl (C=O) groups excluding carboxylic acids is 1. The lowest BCUT2D eigenvalue weighted by Crippen LogP contribution is -2.48. The highest BCUT2D eigenvalue weighted by Crippen LogP contribution is 2.36. The van der Waals surface area contributed by atoms with Gasteiger partial charge in [0.15, 0.2) is 0 Å². The zero-order valence-electron chi connectivity index (χ0n) is 19.5. The van der Waals surface area contributed by atoms with Crippen molar-refractivity contribution in [3.8, 4) is 0 Å². The van der Waals surface area contributed by atoms with Gasteiger partial charge in [0.25, 0.3) is 5.69 Å². The van der Waals surface area contributed by atoms with Gasteiger partial charge in [0.05, 0.1) is 24.4 Å². The Morgan fingerprint density at radius 3 is 2.47 bits per heavy atom. The number of hydrogen-bond donors (Lipinski definition) is 1. The highest BCUT2D eigenvalue weighted by molar-refractivity contribution is 5.76. The first-order valence-corrected chi connectivity index (χ1v) is 11.2. The molecule has 178 valence electrons. The monoisotopic (exact) mass is 449 g/mol. The number of aliphatic carboxylic acids is 1. The fraction of sp³-hybridized carbons (Fsp3) is 0.652. The van der Waals surface area contributed by atoms with Crippen LogP contribution >= 0.6 is 0 Å². The van der Waals surface area contributed by atoms with E-state index in [4.69, 9.17) is 9.84 Å². The number of benzene rings is 1. The molecular weight excluding hydrogens is 414 g/mol. The first-order valence-electron chi connectivity index (χ1n) is 11.2. The third-order valence-corrected chi connectivity index (χ3v) is 5.90. The molecule has 0 radical (unpaired) electrons. The highest BCUT2D eigenvalue weighted by atomic mass is 16.6. The summed E-state index contributed by atoms with van der Waals surface area (Å²) in [5.74, 6) is -0.886. The number of rotatable bonds is 11. The van der Waals surface area contributed by atoms with Crippen molar-refractivity contribution in [2.75, 3.05) is 38.3 Å². The van der Waals surface area contributed by atoms with Crippen molar-refractivity contribution in [1.29, 1.82) is 0 Å². The Morgan fingerprint density at radius 2 is 1.94 bits per heavy atom. The summed E-state index contributed by atoms with van der Waals surface area (Å²) in [5.41, 5.74) is 1.20. The molecule has 0 spiro atoms. The van der Waals surface area contributed by atoms with E-state index >= 15 is 0 Å². The van der Waals surface area contributed by atoms with E-state index in [1.54, 1.807) is 26.2 Å². The number of nitro groups is 1. The summed E-state index contributed by atoms with van der Waals surface area (Å²) in [7, 11) is 1.57. The highest BCUT2D eigenvalue weighted by Gasteiger charge is 2.31. The van der Waals surface area contributed by atoms with Gasteiger partial charge in [-0.05, 0) is 36.3 Å². The molecule has 1 heterocycles. The van der Waals surface area contributed by atoms with Gasteiger partial charge in [0, 0.05) is 38.9 Å². The summed E-state index contributed by atoms with van der Waals surface area (Å²) in [5, 5.41) is 21.0. The SMILES string of the molecule is COCCC(=O)N1CCC(N(CC(C)C)c2ccc(C(C)CC(=O)O)cc2[N+](=O)[O-])CC1. The van der Waals surface area contributed by atoms with Crippen LogP contribution in [0.1, 0.15) is 57.9 Å². The molecule has 1 aliphatic rings. The first-order chi connectivity index (χ1) is 15.1. The first kappa shape index (κ1) is 25.6. The number of nitro benzene ring substituents is 1. The number of ether oxygens (including phenoxy) is 1. The van der Waals surface area contributed by atoms with Gasteiger partial charge in [-0.2, -0.15) is 0 Å². The molecule has 0 saturated carbocycles. The number of hydrogen-bond acceptors (Lipinski definition) is 6. The topological polar surface area (TPSA) is 113 Å². The Kier molecular flexibility index (Phi) is 9.43. The number of amides is 1. The van der Waals surface area contributed by atoms with Crippen LogP contribution in [-0.4, -0.2) is 66.2 Å². The third kappa shape index (κ3) is 6.91. The molecule has 1 N–H and O–H groups in total. The molecule has 0 bridgehead atoms. The number of anilines is 1. The van der Waals surface area contributed by atoms with Gasteiger partial charge in [-0.25, -0.2) is 0 Å². The Hall–Kier alpha value is -2.68. The molecule has 0 aromatic heterocycles. The lowest BCUT2D eigenvalue weighted by molar-refractivity contribution is -0.384. The standard InChI is InChI=1S/C23H35N3O6/c1-16(2)15-25(19-7-10-24(11-8-19)22(27)9-12-32-4)20-6-5-18(14-21(20)26(30)31)17(3)13-23(28)29/h5-6,14,16-17,19H,7-13,15H2,1-4H3,(H,28,29). The van der Waals surface area contributed by atoms with Gasteiger partial charge in [-0.3, -0.25) is 19.7 Å². The van der Waals surface area contributed by atoms with Crippen LogP contribution in [0.2, 0.25) is 0 Å². The summed E-state index contributed by atoms with van der Waals surface area (Å²) in [4.78, 5) is 38.9. The van der Waals surface area contributed by atoms with E-state index in [1.807, 2.05) is 4.90 Å². The largest absolute Gasteiger partial charge is 0.481 e. The van der Waals surface area contributed by atoms with E-state index in [0.29, 0.717) is 49.8 Å². The van der Waals surface area contributed by atoms with Crippen molar-refractivity contribution in [1.82, 2.24) is 4.90 Å². The predicted octanol–water partition coefficient (Wildman–Crippen LogP) is 3.66. The fourth-order valence-electron chi connectivity index (χ4n) is 4.23. The van der Waals surface area contributed by atoms with Crippen molar-refractivity contribution in [3.63, 3.8) is 0 Å². The van der Waals surface area contributed by atoms with Crippen molar-refractivity contribution in [2.45, 2.75) is 58.4 Å². The van der Waals surface area contributed by atoms with Crippen LogP contribution in [-0.2, 0) is 14.3 Å². The van der Waals surface area contributed by atoms with Gasteiger partial charge >= 0.3 is 5.97 Å². The van der Waals surface area contributed by atoms with E-state index in [0.717, 1.165) is 12.8 Å². The van der Waals surface area contributed by atoms with Gasteiger partial charge in [-0.1, -0.05) is 26.8 Å². The van der Waals surface area contributed by atoms with Gasteiger partial charge in [-0.15, -0.1) is 0 Å². The minimum Gasteiger partial charge on any atom is -0.481 e. The number of likely N-dealkylation sites (tertiary alicyclic amines) is 1. The van der Waals surface area contributed by atoms with Crippen molar-refractivity contribution in [3.05, 3.63) is 33.9 Å². The number of nitrogens with zero attached hydrogens (tertiary/aromatic N) is 3. The average Bonchev–Trinajstić information content (AvgIpc) is 2.75. The van der Waals surface area contributed by atoms with Crippen molar-refractivity contribution in [2.24, 2.45) is 5.92 Å². The van der Waals surface area contributed by atoms with Crippen LogP contribution in [0.3, 0.4) is 0 Å². The Labute approximate surface area is 189 Å². The maximum Gasteiger partial charge on any atom is 0.303 e. The van der Waals surface area contributed by atoms with Gasteiger partial charge in [0.1, 0.15) is 5.69 Å². The number of carbonyl (C=O) groups is 2. The molecule has 0 aliphatic carbocycles. The maximum atomic E-state index is 12.3. The predicted molar refractivity (Wildman–Crippen MR) is 122 cm³/mol. The quantitative estimate of drug-likeness (QED) is 0.405. The number of piperidine rings is 1. The number of methoxy groups -OCH3 is 1.